The van der Waals surface area contributed by atoms with E-state index < -0.39 is 18.2 Å². The molecule has 0 saturated heterocycles. The highest BCUT2D eigenvalue weighted by atomic mass is 16.6. The van der Waals surface area contributed by atoms with Crippen molar-refractivity contribution in [3.8, 4) is 17.2 Å². The van der Waals surface area contributed by atoms with Crippen molar-refractivity contribution in [1.29, 1.82) is 0 Å². The first-order valence-electron chi connectivity index (χ1n) is 6.85. The number of methoxy groups -OCH3 is 2. The van der Waals surface area contributed by atoms with E-state index >= 15 is 0 Å². The average molecular weight is 327 g/mol. The molecule has 0 aliphatic heterocycles. The van der Waals surface area contributed by atoms with Crippen LogP contribution in [-0.4, -0.2) is 49.0 Å². The topological polar surface area (TPSA) is 114 Å². The second-order valence-electron chi connectivity index (χ2n) is 4.80. The molecule has 0 radical (unpaired) electrons. The van der Waals surface area contributed by atoms with E-state index in [0.717, 1.165) is 0 Å². The molecule has 0 saturated carbocycles. The molecule has 2 unspecified atom stereocenters. The highest BCUT2D eigenvalue weighted by Crippen LogP contribution is 2.40. The van der Waals surface area contributed by atoms with Crippen LogP contribution in [0.4, 0.5) is 0 Å². The lowest BCUT2D eigenvalue weighted by Gasteiger charge is -2.21. The molecule has 1 amide bonds. The number of rotatable bonds is 7. The molecule has 0 aromatic heterocycles. The van der Waals surface area contributed by atoms with Crippen molar-refractivity contribution >= 4 is 11.9 Å². The molecular weight excluding hydrogens is 306 g/mol. The number of aliphatic hydroxyl groups is 2. The Balaban J connectivity index is 3.12. The third-order valence-electron chi connectivity index (χ3n) is 2.99. The van der Waals surface area contributed by atoms with E-state index in [1.54, 1.807) is 0 Å². The largest absolute Gasteiger partial charge is 0.493 e. The summed E-state index contributed by atoms with van der Waals surface area (Å²) in [5, 5.41) is 22.5. The number of esters is 1. The summed E-state index contributed by atoms with van der Waals surface area (Å²) >= 11 is 0. The fourth-order valence-electron chi connectivity index (χ4n) is 1.90. The van der Waals surface area contributed by atoms with E-state index in [2.05, 4.69) is 5.32 Å². The van der Waals surface area contributed by atoms with Gasteiger partial charge in [0, 0.05) is 20.4 Å². The van der Waals surface area contributed by atoms with Gasteiger partial charge in [-0.15, -0.1) is 0 Å². The number of hydrogen-bond acceptors (Lipinski definition) is 7. The van der Waals surface area contributed by atoms with Crippen molar-refractivity contribution < 1.29 is 34.0 Å². The first kappa shape index (κ1) is 18.7. The van der Waals surface area contributed by atoms with E-state index in [4.69, 9.17) is 14.2 Å². The summed E-state index contributed by atoms with van der Waals surface area (Å²) in [6.45, 7) is 2.42. The molecule has 2 atom stereocenters. The van der Waals surface area contributed by atoms with Gasteiger partial charge in [0.05, 0.1) is 14.2 Å². The number of aliphatic hydroxyl groups excluding tert-OH is 2. The van der Waals surface area contributed by atoms with Crippen molar-refractivity contribution in [2.24, 2.45) is 0 Å². The summed E-state index contributed by atoms with van der Waals surface area (Å²) < 4.78 is 15.3. The molecule has 3 N–H and O–H groups in total. The standard InChI is InChI=1S/C15H21NO7/c1-8(17)16-7-11(19)14(20)10-5-12(21-3)15(23-9(2)18)13(6-10)22-4/h5-6,11,14,19-20H,7H2,1-4H3,(H,16,17). The molecule has 1 aromatic rings. The van der Waals surface area contributed by atoms with Gasteiger partial charge in [-0.3, -0.25) is 9.59 Å². The maximum atomic E-state index is 11.2. The van der Waals surface area contributed by atoms with Crippen LogP contribution in [0.1, 0.15) is 25.5 Å². The number of carbonyl (C=O) groups is 2. The molecule has 0 spiro atoms. The number of amides is 1. The summed E-state index contributed by atoms with van der Waals surface area (Å²) in [5.74, 6) is -0.465. The molecule has 1 aromatic carbocycles. The molecule has 128 valence electrons. The molecule has 8 nitrogen and oxygen atoms in total. The minimum atomic E-state index is -1.30. The van der Waals surface area contributed by atoms with Crippen LogP contribution in [-0.2, 0) is 9.59 Å². The van der Waals surface area contributed by atoms with Gasteiger partial charge in [0.2, 0.25) is 11.7 Å². The van der Waals surface area contributed by atoms with Gasteiger partial charge in [-0.1, -0.05) is 0 Å². The Labute approximate surface area is 134 Å². The van der Waals surface area contributed by atoms with E-state index in [0.29, 0.717) is 0 Å². The predicted molar refractivity (Wildman–Crippen MR) is 80.5 cm³/mol. The van der Waals surface area contributed by atoms with Gasteiger partial charge in [0.1, 0.15) is 12.2 Å². The maximum absolute atomic E-state index is 11.2. The summed E-state index contributed by atoms with van der Waals surface area (Å²) in [7, 11) is 2.73. The van der Waals surface area contributed by atoms with Crippen LogP contribution in [0, 0.1) is 0 Å². The zero-order valence-electron chi connectivity index (χ0n) is 13.5. The summed E-state index contributed by atoms with van der Waals surface area (Å²) in [5.41, 5.74) is 0.285. The lowest BCUT2D eigenvalue weighted by atomic mass is 10.0. The van der Waals surface area contributed by atoms with Crippen molar-refractivity contribution in [3.63, 3.8) is 0 Å². The number of carbonyl (C=O) groups excluding carboxylic acids is 2. The highest BCUT2D eigenvalue weighted by molar-refractivity contribution is 5.73. The van der Waals surface area contributed by atoms with Crippen LogP contribution in [0.25, 0.3) is 0 Å². The van der Waals surface area contributed by atoms with Crippen LogP contribution in [0.3, 0.4) is 0 Å². The van der Waals surface area contributed by atoms with Crippen LogP contribution in [0.2, 0.25) is 0 Å². The normalized spacial score (nSPS) is 13.0. The van der Waals surface area contributed by atoms with Gasteiger partial charge in [-0.05, 0) is 17.7 Å². The third kappa shape index (κ3) is 5.11. The molecule has 0 bridgehead atoms. The van der Waals surface area contributed by atoms with Crippen LogP contribution < -0.4 is 19.5 Å². The Morgan fingerprint density at radius 2 is 1.65 bits per heavy atom. The first-order valence-corrected chi connectivity index (χ1v) is 6.85. The van der Waals surface area contributed by atoms with Crippen molar-refractivity contribution in [3.05, 3.63) is 17.7 Å². The van der Waals surface area contributed by atoms with Crippen molar-refractivity contribution in [2.45, 2.75) is 26.1 Å². The average Bonchev–Trinajstić information content (AvgIpc) is 2.51. The minimum Gasteiger partial charge on any atom is -0.493 e. The van der Waals surface area contributed by atoms with E-state index in [9.17, 15) is 19.8 Å². The van der Waals surface area contributed by atoms with Crippen molar-refractivity contribution in [2.75, 3.05) is 20.8 Å². The smallest absolute Gasteiger partial charge is 0.308 e. The number of nitrogens with one attached hydrogen (secondary N) is 1. The van der Waals surface area contributed by atoms with Gasteiger partial charge in [0.15, 0.2) is 11.5 Å². The van der Waals surface area contributed by atoms with Gasteiger partial charge in [-0.25, -0.2) is 0 Å². The highest BCUT2D eigenvalue weighted by Gasteiger charge is 2.23. The molecule has 0 heterocycles. The molecule has 8 heteroatoms. The lowest BCUT2D eigenvalue weighted by Crippen LogP contribution is -2.34. The number of benzene rings is 1. The zero-order chi connectivity index (χ0) is 17.6. The van der Waals surface area contributed by atoms with E-state index in [1.165, 1.54) is 40.2 Å². The second-order valence-corrected chi connectivity index (χ2v) is 4.80. The maximum Gasteiger partial charge on any atom is 0.308 e. The third-order valence-corrected chi connectivity index (χ3v) is 2.99. The van der Waals surface area contributed by atoms with Gasteiger partial charge in [0.25, 0.3) is 0 Å². The Morgan fingerprint density at radius 3 is 2.04 bits per heavy atom. The Hall–Kier alpha value is -2.32. The fourth-order valence-corrected chi connectivity index (χ4v) is 1.90. The first-order chi connectivity index (χ1) is 10.8. The molecule has 23 heavy (non-hydrogen) atoms. The molecular formula is C15H21NO7. The molecule has 1 rings (SSSR count). The molecule has 0 fully saturated rings. The monoisotopic (exact) mass is 327 g/mol. The van der Waals surface area contributed by atoms with Crippen LogP contribution in [0.5, 0.6) is 17.2 Å². The SMILES string of the molecule is COc1cc(C(O)C(O)CNC(C)=O)cc(OC)c1OC(C)=O. The minimum absolute atomic E-state index is 0.0785. The fraction of sp³-hybridized carbons (Fsp3) is 0.467. The Kier molecular flexibility index (Phi) is 6.80. The van der Waals surface area contributed by atoms with E-state index in [-0.39, 0.29) is 35.3 Å². The summed E-state index contributed by atoms with van der Waals surface area (Å²) in [6.07, 6.45) is -2.52. The number of ether oxygens (including phenoxy) is 3. The Bertz CT molecular complexity index is 548. The van der Waals surface area contributed by atoms with Crippen LogP contribution in [0.15, 0.2) is 12.1 Å². The summed E-state index contributed by atoms with van der Waals surface area (Å²) in [6, 6.07) is 2.84. The van der Waals surface area contributed by atoms with Crippen molar-refractivity contribution in [1.82, 2.24) is 5.32 Å². The molecule has 0 aliphatic carbocycles. The van der Waals surface area contributed by atoms with E-state index in [1.807, 2.05) is 0 Å². The zero-order valence-corrected chi connectivity index (χ0v) is 13.5. The lowest BCUT2D eigenvalue weighted by molar-refractivity contribution is -0.132. The second kappa shape index (κ2) is 8.35. The van der Waals surface area contributed by atoms with Gasteiger partial charge in [-0.2, -0.15) is 0 Å². The Morgan fingerprint density at radius 1 is 1.13 bits per heavy atom. The summed E-state index contributed by atoms with van der Waals surface area (Å²) in [4.78, 5) is 22.0. The predicted octanol–water partition coefficient (Wildman–Crippen LogP) is 0.159. The van der Waals surface area contributed by atoms with Gasteiger partial charge < -0.3 is 29.7 Å². The van der Waals surface area contributed by atoms with Gasteiger partial charge >= 0.3 is 5.97 Å². The van der Waals surface area contributed by atoms with Crippen LogP contribution >= 0.6 is 0 Å². The number of hydrogen-bond donors (Lipinski definition) is 3. The quantitative estimate of drug-likeness (QED) is 0.483. The molecule has 0 aliphatic rings.